The van der Waals surface area contributed by atoms with Gasteiger partial charge in [0.15, 0.2) is 6.10 Å². The van der Waals surface area contributed by atoms with E-state index in [0.29, 0.717) is 23.6 Å². The summed E-state index contributed by atoms with van der Waals surface area (Å²) in [6, 6.07) is 9.60. The van der Waals surface area contributed by atoms with E-state index in [1.807, 2.05) is 12.1 Å². The standard InChI is InChI=1S/C19H23ClN2O3S/c1-14(18(24)22-19(13-21)10-3-2-4-11-19)25-17(23)9-12-26-16-7-5-15(20)6-8-16/h5-8,14H,2-4,9-12H2,1H3,(H,22,24)/t14-/m1/s1. The van der Waals surface area contributed by atoms with E-state index < -0.39 is 23.5 Å². The first-order valence-corrected chi connectivity index (χ1v) is 10.1. The van der Waals surface area contributed by atoms with Gasteiger partial charge in [-0.15, -0.1) is 11.8 Å². The molecule has 1 fully saturated rings. The molecule has 0 aliphatic heterocycles. The first kappa shape index (κ1) is 20.6. The summed E-state index contributed by atoms with van der Waals surface area (Å²) in [7, 11) is 0. The van der Waals surface area contributed by atoms with Crippen molar-refractivity contribution < 1.29 is 14.3 Å². The van der Waals surface area contributed by atoms with E-state index in [9.17, 15) is 14.9 Å². The average molecular weight is 395 g/mol. The molecule has 0 unspecified atom stereocenters. The number of nitriles is 1. The molecular weight excluding hydrogens is 372 g/mol. The number of nitrogens with one attached hydrogen (secondary N) is 1. The zero-order valence-corrected chi connectivity index (χ0v) is 16.4. The number of esters is 1. The monoisotopic (exact) mass is 394 g/mol. The summed E-state index contributed by atoms with van der Waals surface area (Å²) in [6.07, 6.45) is 3.51. The Morgan fingerprint density at radius 3 is 2.58 bits per heavy atom. The van der Waals surface area contributed by atoms with Crippen LogP contribution < -0.4 is 5.32 Å². The topological polar surface area (TPSA) is 79.2 Å². The van der Waals surface area contributed by atoms with Gasteiger partial charge in [0.1, 0.15) is 5.54 Å². The molecule has 0 bridgehead atoms. The van der Waals surface area contributed by atoms with Crippen LogP contribution in [0.3, 0.4) is 0 Å². The van der Waals surface area contributed by atoms with E-state index in [-0.39, 0.29) is 6.42 Å². The fourth-order valence-electron chi connectivity index (χ4n) is 2.85. The van der Waals surface area contributed by atoms with Gasteiger partial charge in [-0.25, -0.2) is 0 Å². The second kappa shape index (κ2) is 9.84. The molecule has 0 radical (unpaired) electrons. The molecule has 26 heavy (non-hydrogen) atoms. The van der Waals surface area contributed by atoms with Crippen LogP contribution in [0.2, 0.25) is 5.02 Å². The average Bonchev–Trinajstić information content (AvgIpc) is 2.64. The second-order valence-corrected chi connectivity index (χ2v) is 8.03. The number of carbonyl (C=O) groups excluding carboxylic acids is 2. The maximum Gasteiger partial charge on any atom is 0.307 e. The van der Waals surface area contributed by atoms with E-state index in [4.69, 9.17) is 16.3 Å². The number of nitrogens with zero attached hydrogens (tertiary/aromatic N) is 1. The molecule has 1 aromatic carbocycles. The summed E-state index contributed by atoms with van der Waals surface area (Å²) in [5.41, 5.74) is -0.819. The van der Waals surface area contributed by atoms with Gasteiger partial charge >= 0.3 is 5.97 Å². The zero-order chi connectivity index (χ0) is 19.0. The smallest absolute Gasteiger partial charge is 0.307 e. The number of rotatable bonds is 7. The Morgan fingerprint density at radius 1 is 1.31 bits per heavy atom. The molecule has 1 N–H and O–H groups in total. The molecular formula is C19H23ClN2O3S. The number of hydrogen-bond donors (Lipinski definition) is 1. The van der Waals surface area contributed by atoms with Crippen molar-refractivity contribution in [3.8, 4) is 6.07 Å². The van der Waals surface area contributed by atoms with Crippen LogP contribution in [-0.2, 0) is 14.3 Å². The molecule has 1 atom stereocenters. The first-order chi connectivity index (χ1) is 12.4. The van der Waals surface area contributed by atoms with Crippen LogP contribution in [0.5, 0.6) is 0 Å². The summed E-state index contributed by atoms with van der Waals surface area (Å²) >= 11 is 7.35. The largest absolute Gasteiger partial charge is 0.453 e. The lowest BCUT2D eigenvalue weighted by Crippen LogP contribution is -2.52. The lowest BCUT2D eigenvalue weighted by atomic mass is 9.83. The molecule has 140 valence electrons. The van der Waals surface area contributed by atoms with Gasteiger partial charge in [-0.3, -0.25) is 9.59 Å². The molecule has 0 heterocycles. The molecule has 0 spiro atoms. The quantitative estimate of drug-likeness (QED) is 0.556. The third kappa shape index (κ3) is 6.22. The SMILES string of the molecule is C[C@@H](OC(=O)CCSc1ccc(Cl)cc1)C(=O)NC1(C#N)CCCCC1. The van der Waals surface area contributed by atoms with Crippen LogP contribution in [0, 0.1) is 11.3 Å². The van der Waals surface area contributed by atoms with Crippen molar-refractivity contribution in [1.82, 2.24) is 5.32 Å². The third-order valence-corrected chi connectivity index (χ3v) is 5.62. The number of benzene rings is 1. The van der Waals surface area contributed by atoms with Gasteiger partial charge in [0.25, 0.3) is 5.91 Å². The third-order valence-electron chi connectivity index (χ3n) is 4.35. The van der Waals surface area contributed by atoms with Crippen LogP contribution in [0.25, 0.3) is 0 Å². The number of ether oxygens (including phenoxy) is 1. The van der Waals surface area contributed by atoms with Crippen LogP contribution in [0.4, 0.5) is 0 Å². The number of thioether (sulfide) groups is 1. The minimum atomic E-state index is -0.907. The Morgan fingerprint density at radius 2 is 1.96 bits per heavy atom. The minimum absolute atomic E-state index is 0.203. The zero-order valence-electron chi connectivity index (χ0n) is 14.8. The van der Waals surface area contributed by atoms with E-state index in [1.54, 1.807) is 12.1 Å². The first-order valence-electron chi connectivity index (χ1n) is 8.75. The van der Waals surface area contributed by atoms with Crippen LogP contribution in [0.1, 0.15) is 45.4 Å². The maximum atomic E-state index is 12.3. The molecule has 0 aromatic heterocycles. The van der Waals surface area contributed by atoms with Gasteiger partial charge < -0.3 is 10.1 Å². The highest BCUT2D eigenvalue weighted by Gasteiger charge is 2.35. The fourth-order valence-corrected chi connectivity index (χ4v) is 3.81. The number of hydrogen-bond acceptors (Lipinski definition) is 5. The maximum absolute atomic E-state index is 12.3. The number of carbonyl (C=O) groups is 2. The summed E-state index contributed by atoms with van der Waals surface area (Å²) in [6.45, 7) is 1.54. The Hall–Kier alpha value is -1.71. The van der Waals surface area contributed by atoms with Gasteiger partial charge in [0, 0.05) is 15.7 Å². The van der Waals surface area contributed by atoms with Crippen molar-refractivity contribution in [3.63, 3.8) is 0 Å². The predicted molar refractivity (Wildman–Crippen MR) is 102 cm³/mol. The van der Waals surface area contributed by atoms with Crippen molar-refractivity contribution >= 4 is 35.2 Å². The van der Waals surface area contributed by atoms with Gasteiger partial charge in [-0.1, -0.05) is 30.9 Å². The van der Waals surface area contributed by atoms with Gasteiger partial charge in [-0.05, 0) is 44.0 Å². The van der Waals surface area contributed by atoms with Gasteiger partial charge in [0.05, 0.1) is 12.5 Å². The Labute approximate surface area is 163 Å². The van der Waals surface area contributed by atoms with Crippen LogP contribution in [-0.4, -0.2) is 29.3 Å². The van der Waals surface area contributed by atoms with Crippen molar-refractivity contribution in [3.05, 3.63) is 29.3 Å². The minimum Gasteiger partial charge on any atom is -0.453 e. The van der Waals surface area contributed by atoms with E-state index in [0.717, 1.165) is 24.2 Å². The van der Waals surface area contributed by atoms with Crippen molar-refractivity contribution in [2.45, 2.75) is 62.0 Å². The summed E-state index contributed by atoms with van der Waals surface area (Å²) in [5, 5.41) is 12.9. The molecule has 1 aliphatic carbocycles. The highest BCUT2D eigenvalue weighted by atomic mass is 35.5. The molecule has 1 aromatic rings. The normalized spacial score (nSPS) is 17.0. The van der Waals surface area contributed by atoms with E-state index in [1.165, 1.54) is 18.7 Å². The number of halogens is 1. The van der Waals surface area contributed by atoms with Crippen LogP contribution in [0.15, 0.2) is 29.2 Å². The highest BCUT2D eigenvalue weighted by Crippen LogP contribution is 2.27. The van der Waals surface area contributed by atoms with Crippen molar-refractivity contribution in [2.75, 3.05) is 5.75 Å². The lowest BCUT2D eigenvalue weighted by molar-refractivity contribution is -0.155. The van der Waals surface area contributed by atoms with Crippen molar-refractivity contribution in [2.24, 2.45) is 0 Å². The molecule has 0 saturated heterocycles. The number of amides is 1. The molecule has 1 amide bonds. The second-order valence-electron chi connectivity index (χ2n) is 6.43. The Kier molecular flexibility index (Phi) is 7.80. The lowest BCUT2D eigenvalue weighted by Gasteiger charge is -2.32. The highest BCUT2D eigenvalue weighted by molar-refractivity contribution is 7.99. The Bertz CT molecular complexity index is 666. The summed E-state index contributed by atoms with van der Waals surface area (Å²) in [4.78, 5) is 25.2. The van der Waals surface area contributed by atoms with E-state index in [2.05, 4.69) is 11.4 Å². The molecule has 2 rings (SSSR count). The predicted octanol–water partition coefficient (Wildman–Crippen LogP) is 4.10. The van der Waals surface area contributed by atoms with Crippen molar-refractivity contribution in [1.29, 1.82) is 5.26 Å². The molecule has 7 heteroatoms. The van der Waals surface area contributed by atoms with E-state index >= 15 is 0 Å². The molecule has 1 saturated carbocycles. The molecule has 1 aliphatic rings. The Balaban J connectivity index is 1.74. The molecule has 5 nitrogen and oxygen atoms in total. The van der Waals surface area contributed by atoms with Gasteiger partial charge in [0.2, 0.25) is 0 Å². The van der Waals surface area contributed by atoms with Gasteiger partial charge in [-0.2, -0.15) is 5.26 Å². The summed E-state index contributed by atoms with van der Waals surface area (Å²) in [5.74, 6) is -0.285. The van der Waals surface area contributed by atoms with Crippen LogP contribution >= 0.6 is 23.4 Å². The summed E-state index contributed by atoms with van der Waals surface area (Å²) < 4.78 is 5.21. The fraction of sp³-hybridized carbons (Fsp3) is 0.526.